The Morgan fingerprint density at radius 3 is 2.24 bits per heavy atom. The summed E-state index contributed by atoms with van der Waals surface area (Å²) in [6.45, 7) is 7.40. The molecule has 100 valence electrons. The number of carbonyl (C=O) groups is 2. The normalized spacial score (nSPS) is 13.5. The van der Waals surface area contributed by atoms with Gasteiger partial charge in [-0.2, -0.15) is 0 Å². The average Bonchev–Trinajstić information content (AvgIpc) is 2.15. The molecular weight excluding hydrogens is 222 g/mol. The molecule has 0 aromatic rings. The van der Waals surface area contributed by atoms with Crippen molar-refractivity contribution in [3.8, 4) is 0 Å². The fourth-order valence-electron chi connectivity index (χ4n) is 1.40. The Morgan fingerprint density at radius 1 is 1.35 bits per heavy atom. The largest absolute Gasteiger partial charge is 0.480 e. The third-order valence-electron chi connectivity index (χ3n) is 2.48. The Hall–Kier alpha value is -1.10. The first-order chi connectivity index (χ1) is 7.68. The first-order valence-corrected chi connectivity index (χ1v) is 5.75. The number of methoxy groups -OCH3 is 1. The molecule has 0 unspecified atom stereocenters. The van der Waals surface area contributed by atoms with Crippen molar-refractivity contribution in [3.63, 3.8) is 0 Å². The molecule has 0 fully saturated rings. The third-order valence-corrected chi connectivity index (χ3v) is 2.48. The highest BCUT2D eigenvalue weighted by Gasteiger charge is 2.25. The van der Waals surface area contributed by atoms with E-state index in [1.165, 1.54) is 7.11 Å². The van der Waals surface area contributed by atoms with Crippen LogP contribution in [0.5, 0.6) is 0 Å². The summed E-state index contributed by atoms with van der Waals surface area (Å²) in [4.78, 5) is 22.6. The van der Waals surface area contributed by atoms with E-state index in [4.69, 9.17) is 9.84 Å². The van der Waals surface area contributed by atoms with Gasteiger partial charge in [-0.25, -0.2) is 4.79 Å². The Bertz CT molecular complexity index is 274. The van der Waals surface area contributed by atoms with Crippen LogP contribution in [-0.2, 0) is 14.3 Å². The van der Waals surface area contributed by atoms with Gasteiger partial charge in [-0.05, 0) is 26.2 Å². The van der Waals surface area contributed by atoms with Gasteiger partial charge in [0.25, 0.3) is 0 Å². The summed E-state index contributed by atoms with van der Waals surface area (Å²) in [5, 5.41) is 11.5. The summed E-state index contributed by atoms with van der Waals surface area (Å²) in [6.07, 6.45) is 0.569. The molecular formula is C12H23NO4. The molecule has 0 aliphatic carbocycles. The van der Waals surface area contributed by atoms with Gasteiger partial charge in [0.1, 0.15) is 6.04 Å². The van der Waals surface area contributed by atoms with Crippen LogP contribution in [-0.4, -0.2) is 35.7 Å². The number of hydrogen-bond donors (Lipinski definition) is 2. The smallest absolute Gasteiger partial charge is 0.326 e. The van der Waals surface area contributed by atoms with Gasteiger partial charge in [0.2, 0.25) is 5.91 Å². The van der Waals surface area contributed by atoms with E-state index in [9.17, 15) is 9.59 Å². The average molecular weight is 245 g/mol. The number of carboxylic acid groups (broad SMARTS) is 1. The SMILES string of the molecule is COC(C)(C)CC(=O)N[C@H](CC(C)C)C(=O)O. The summed E-state index contributed by atoms with van der Waals surface area (Å²) in [6, 6.07) is -0.824. The van der Waals surface area contributed by atoms with Crippen LogP contribution in [0.1, 0.15) is 40.5 Å². The highest BCUT2D eigenvalue weighted by molar-refractivity contribution is 5.83. The summed E-state index contributed by atoms with van der Waals surface area (Å²) < 4.78 is 5.12. The minimum atomic E-state index is -0.998. The zero-order valence-electron chi connectivity index (χ0n) is 11.2. The molecule has 2 N–H and O–H groups in total. The van der Waals surface area contributed by atoms with E-state index in [0.29, 0.717) is 6.42 Å². The van der Waals surface area contributed by atoms with Crippen molar-refractivity contribution in [3.05, 3.63) is 0 Å². The van der Waals surface area contributed by atoms with Gasteiger partial charge < -0.3 is 15.2 Å². The van der Waals surface area contributed by atoms with Gasteiger partial charge in [0.05, 0.1) is 12.0 Å². The molecule has 0 spiro atoms. The molecule has 1 amide bonds. The maximum atomic E-state index is 11.7. The lowest BCUT2D eigenvalue weighted by Gasteiger charge is -2.23. The van der Waals surface area contributed by atoms with Crippen molar-refractivity contribution in [2.24, 2.45) is 5.92 Å². The van der Waals surface area contributed by atoms with Crippen LogP contribution in [0.2, 0.25) is 0 Å². The number of amides is 1. The van der Waals surface area contributed by atoms with E-state index < -0.39 is 17.6 Å². The van der Waals surface area contributed by atoms with Crippen molar-refractivity contribution >= 4 is 11.9 Å². The van der Waals surface area contributed by atoms with E-state index in [0.717, 1.165) is 0 Å². The molecule has 0 radical (unpaired) electrons. The molecule has 0 saturated carbocycles. The summed E-state index contributed by atoms with van der Waals surface area (Å²) in [5.41, 5.74) is -0.578. The van der Waals surface area contributed by atoms with Crippen molar-refractivity contribution in [2.75, 3.05) is 7.11 Å². The second kappa shape index (κ2) is 6.59. The lowest BCUT2D eigenvalue weighted by atomic mass is 10.0. The Balaban J connectivity index is 4.37. The Morgan fingerprint density at radius 2 is 1.88 bits per heavy atom. The highest BCUT2D eigenvalue weighted by Crippen LogP contribution is 2.13. The first-order valence-electron chi connectivity index (χ1n) is 5.75. The molecule has 0 aliphatic heterocycles. The van der Waals surface area contributed by atoms with Crippen molar-refractivity contribution in [1.29, 1.82) is 0 Å². The van der Waals surface area contributed by atoms with Gasteiger partial charge >= 0.3 is 5.97 Å². The number of carboxylic acids is 1. The van der Waals surface area contributed by atoms with Crippen molar-refractivity contribution in [2.45, 2.75) is 52.2 Å². The lowest BCUT2D eigenvalue weighted by molar-refractivity contribution is -0.143. The van der Waals surface area contributed by atoms with Crippen LogP contribution in [0.15, 0.2) is 0 Å². The molecule has 5 nitrogen and oxygen atoms in total. The van der Waals surface area contributed by atoms with Gasteiger partial charge in [-0.15, -0.1) is 0 Å². The van der Waals surface area contributed by atoms with Gasteiger partial charge in [0, 0.05) is 7.11 Å². The predicted molar refractivity (Wildman–Crippen MR) is 64.7 cm³/mol. The van der Waals surface area contributed by atoms with Crippen molar-refractivity contribution in [1.82, 2.24) is 5.32 Å². The minimum absolute atomic E-state index is 0.144. The highest BCUT2D eigenvalue weighted by atomic mass is 16.5. The van der Waals surface area contributed by atoms with E-state index in [2.05, 4.69) is 5.32 Å². The summed E-state index contributed by atoms with van der Waals surface area (Å²) in [7, 11) is 1.52. The summed E-state index contributed by atoms with van der Waals surface area (Å²) in [5.74, 6) is -1.08. The van der Waals surface area contributed by atoms with Crippen LogP contribution < -0.4 is 5.32 Å². The zero-order valence-corrected chi connectivity index (χ0v) is 11.2. The predicted octanol–water partition coefficient (Wildman–Crippen LogP) is 1.42. The lowest BCUT2D eigenvalue weighted by Crippen LogP contribution is -2.44. The quantitative estimate of drug-likeness (QED) is 0.711. The number of rotatable bonds is 7. The Labute approximate surface area is 103 Å². The second-order valence-corrected chi connectivity index (χ2v) is 5.23. The number of ether oxygens (including phenoxy) is 1. The topological polar surface area (TPSA) is 75.6 Å². The number of hydrogen-bond acceptors (Lipinski definition) is 3. The standard InChI is InChI=1S/C12H23NO4/c1-8(2)6-9(11(15)16)13-10(14)7-12(3,4)17-5/h8-9H,6-7H2,1-5H3,(H,13,14)(H,15,16)/t9-/m1/s1. The Kier molecular flexibility index (Phi) is 6.16. The molecule has 0 bridgehead atoms. The molecule has 0 saturated heterocycles. The fraction of sp³-hybridized carbons (Fsp3) is 0.833. The molecule has 17 heavy (non-hydrogen) atoms. The van der Waals surface area contributed by atoms with Crippen molar-refractivity contribution < 1.29 is 19.4 Å². The minimum Gasteiger partial charge on any atom is -0.480 e. The van der Waals surface area contributed by atoms with Gasteiger partial charge in [0.15, 0.2) is 0 Å². The van der Waals surface area contributed by atoms with Crippen LogP contribution in [0.25, 0.3) is 0 Å². The third kappa shape index (κ3) is 6.94. The molecule has 0 aliphatic rings. The first kappa shape index (κ1) is 15.9. The maximum Gasteiger partial charge on any atom is 0.326 e. The number of aliphatic carboxylic acids is 1. The number of carbonyl (C=O) groups excluding carboxylic acids is 1. The fourth-order valence-corrected chi connectivity index (χ4v) is 1.40. The molecule has 0 heterocycles. The van der Waals surface area contributed by atoms with E-state index in [-0.39, 0.29) is 18.2 Å². The zero-order chi connectivity index (χ0) is 13.6. The molecule has 5 heteroatoms. The van der Waals surface area contributed by atoms with E-state index >= 15 is 0 Å². The number of nitrogens with one attached hydrogen (secondary N) is 1. The van der Waals surface area contributed by atoms with E-state index in [1.807, 2.05) is 13.8 Å². The maximum absolute atomic E-state index is 11.7. The molecule has 0 aromatic heterocycles. The molecule has 0 aromatic carbocycles. The van der Waals surface area contributed by atoms with Crippen LogP contribution in [0.4, 0.5) is 0 Å². The van der Waals surface area contributed by atoms with Gasteiger partial charge in [-0.3, -0.25) is 4.79 Å². The summed E-state index contributed by atoms with van der Waals surface area (Å²) >= 11 is 0. The van der Waals surface area contributed by atoms with Crippen LogP contribution in [0, 0.1) is 5.92 Å². The molecule has 0 rings (SSSR count). The van der Waals surface area contributed by atoms with Crippen LogP contribution in [0.3, 0.4) is 0 Å². The van der Waals surface area contributed by atoms with Crippen LogP contribution >= 0.6 is 0 Å². The monoisotopic (exact) mass is 245 g/mol. The van der Waals surface area contributed by atoms with Gasteiger partial charge in [-0.1, -0.05) is 13.8 Å². The second-order valence-electron chi connectivity index (χ2n) is 5.23. The van der Waals surface area contributed by atoms with E-state index in [1.54, 1.807) is 13.8 Å². The molecule has 1 atom stereocenters.